The second-order valence-corrected chi connectivity index (χ2v) is 15.3. The van der Waals surface area contributed by atoms with Crippen LogP contribution in [0.5, 0.6) is 11.5 Å². The number of methoxy groups -OCH3 is 1. The molecule has 0 bridgehead atoms. The Balaban J connectivity index is 1.27. The van der Waals surface area contributed by atoms with Crippen LogP contribution in [0.4, 0.5) is 14.7 Å². The van der Waals surface area contributed by atoms with Crippen molar-refractivity contribution in [2.24, 2.45) is 17.6 Å². The maximum atomic E-state index is 14.1. The highest BCUT2D eigenvalue weighted by Crippen LogP contribution is 2.52. The number of benzene rings is 1. The summed E-state index contributed by atoms with van der Waals surface area (Å²) in [5, 5.41) is 6.74. The van der Waals surface area contributed by atoms with E-state index in [2.05, 4.69) is 5.32 Å². The normalized spacial score (nSPS) is 23.0. The van der Waals surface area contributed by atoms with E-state index in [-0.39, 0.29) is 25.1 Å². The van der Waals surface area contributed by atoms with Gasteiger partial charge in [-0.3, -0.25) is 4.79 Å². The molecule has 1 saturated heterocycles. The van der Waals surface area contributed by atoms with Gasteiger partial charge in [-0.15, -0.1) is 11.3 Å². The Morgan fingerprint density at radius 3 is 2.47 bits per heavy atom. The number of rotatable bonds is 11. The molecule has 0 unspecified atom stereocenters. The molecule has 3 aromatic rings. The topological polar surface area (TPSA) is 158 Å². The molecule has 49 heavy (non-hydrogen) atoms. The number of nitrogens with zero attached hydrogens (tertiary/aromatic N) is 4. The highest BCUT2D eigenvalue weighted by molar-refractivity contribution is 7.14. The summed E-state index contributed by atoms with van der Waals surface area (Å²) in [4.78, 5) is 52.4. The van der Waals surface area contributed by atoms with Crippen molar-refractivity contribution in [2.45, 2.75) is 90.1 Å². The number of amides is 4. The number of imide groups is 1. The molecule has 6 rings (SSSR count). The molecule has 3 fully saturated rings. The summed E-state index contributed by atoms with van der Waals surface area (Å²) in [6.07, 6.45) is 1.46. The number of likely N-dealkylation sites (tertiary alicyclic amines) is 1. The predicted molar refractivity (Wildman–Crippen MR) is 186 cm³/mol. The van der Waals surface area contributed by atoms with Crippen molar-refractivity contribution in [2.75, 3.05) is 32.2 Å². The van der Waals surface area contributed by atoms with Crippen LogP contribution in [0.15, 0.2) is 29.6 Å². The van der Waals surface area contributed by atoms with Crippen molar-refractivity contribution in [1.82, 2.24) is 19.8 Å². The third-order valence-corrected chi connectivity index (χ3v) is 9.89. The molecule has 3 heterocycles. The largest absolute Gasteiger partial charge is 0.491 e. The number of hydrogen-bond acceptors (Lipinski definition) is 11. The minimum Gasteiger partial charge on any atom is -0.491 e. The number of ether oxygens (including phenoxy) is 4. The van der Waals surface area contributed by atoms with E-state index >= 15 is 0 Å². The van der Waals surface area contributed by atoms with E-state index in [0.717, 1.165) is 22.9 Å². The standard InChI is InChI=1S/C35H46N6O7S/c1-19(2)37-32-39-28(18-49-32)27-16-30(25-8-7-22(14-26(25)38-27)46-10-9-45-6)47-24-15-29(31(36)42)40(17-24)33(43)41(35(3,4)5)34(44)48-23-12-20-11-21(20)13-23/h7-8,14,16,18-21,23-24,29H,9-13,15,17H2,1-6H3,(H2,36,42)(H,37,39)/t20-,21+,23-,24-,29+/m1/s1. The van der Waals surface area contributed by atoms with Gasteiger partial charge in [0.05, 0.1) is 24.4 Å². The van der Waals surface area contributed by atoms with Gasteiger partial charge in [-0.1, -0.05) is 0 Å². The molecule has 13 nitrogen and oxygen atoms in total. The zero-order chi connectivity index (χ0) is 35.0. The van der Waals surface area contributed by atoms with Crippen LogP contribution in [-0.2, 0) is 14.3 Å². The highest BCUT2D eigenvalue weighted by Gasteiger charge is 2.50. The smallest absolute Gasteiger partial charge is 0.418 e. The second-order valence-electron chi connectivity index (χ2n) is 14.4. The lowest BCUT2D eigenvalue weighted by atomic mass is 10.1. The van der Waals surface area contributed by atoms with Crippen LogP contribution >= 0.6 is 11.3 Å². The maximum absolute atomic E-state index is 14.1. The number of thiazole rings is 1. The third kappa shape index (κ3) is 7.85. The van der Waals surface area contributed by atoms with E-state index in [1.807, 2.05) is 43.5 Å². The fourth-order valence-corrected chi connectivity index (χ4v) is 7.56. The van der Waals surface area contributed by atoms with Gasteiger partial charge in [0.1, 0.15) is 42.0 Å². The van der Waals surface area contributed by atoms with Crippen LogP contribution < -0.4 is 20.5 Å². The van der Waals surface area contributed by atoms with Crippen LogP contribution in [0.2, 0.25) is 0 Å². The number of carbonyl (C=O) groups is 3. The molecule has 3 N–H and O–H groups in total. The average Bonchev–Trinajstić information content (AvgIpc) is 3.36. The molecule has 264 valence electrons. The first-order chi connectivity index (χ1) is 23.3. The Morgan fingerprint density at radius 1 is 1.04 bits per heavy atom. The van der Waals surface area contributed by atoms with Crippen molar-refractivity contribution in [3.8, 4) is 22.9 Å². The molecule has 14 heteroatoms. The first-order valence-corrected chi connectivity index (χ1v) is 17.7. The van der Waals surface area contributed by atoms with Crippen molar-refractivity contribution in [1.29, 1.82) is 0 Å². The summed E-state index contributed by atoms with van der Waals surface area (Å²) in [6, 6.07) is 5.94. The van der Waals surface area contributed by atoms with Crippen molar-refractivity contribution >= 4 is 45.4 Å². The Kier molecular flexibility index (Phi) is 9.90. The Bertz CT molecular complexity index is 1700. The Labute approximate surface area is 290 Å². The van der Waals surface area contributed by atoms with Gasteiger partial charge in [0, 0.05) is 48.0 Å². The molecule has 0 spiro atoms. The molecule has 1 aromatic carbocycles. The molecule has 3 aliphatic rings. The first kappa shape index (κ1) is 34.7. The number of anilines is 1. The van der Waals surface area contributed by atoms with Gasteiger partial charge >= 0.3 is 12.1 Å². The summed E-state index contributed by atoms with van der Waals surface area (Å²) in [6.45, 7) is 10.2. The number of nitrogens with two attached hydrogens (primary N) is 1. The monoisotopic (exact) mass is 694 g/mol. The number of fused-ring (bicyclic) bond motifs is 2. The molecule has 2 saturated carbocycles. The summed E-state index contributed by atoms with van der Waals surface area (Å²) in [5.74, 6) is 1.67. The molecule has 4 amide bonds. The number of primary amides is 1. The molecule has 1 aliphatic heterocycles. The van der Waals surface area contributed by atoms with Gasteiger partial charge < -0.3 is 34.9 Å². The highest BCUT2D eigenvalue weighted by atomic mass is 32.1. The number of urea groups is 1. The molecule has 0 radical (unpaired) electrons. The SMILES string of the molecule is COCCOc1ccc2c(O[C@@H]3C[C@@H](C(N)=O)N(C(=O)N(C(=O)O[C@H]4C[C@@H]5C[C@@H]5C4)C(C)(C)C)C3)cc(-c3csc(NC(C)C)n3)nc2c1. The minimum absolute atomic E-state index is 0.0381. The van der Waals surface area contributed by atoms with Crippen LogP contribution in [0.3, 0.4) is 0 Å². The number of pyridine rings is 1. The molecule has 2 aromatic heterocycles. The van der Waals surface area contributed by atoms with E-state index in [1.54, 1.807) is 27.9 Å². The number of hydrogen-bond donors (Lipinski definition) is 2. The van der Waals surface area contributed by atoms with Gasteiger partial charge in [0.2, 0.25) is 5.91 Å². The number of aromatic nitrogens is 2. The molecule has 5 atom stereocenters. The fourth-order valence-electron chi connectivity index (χ4n) is 6.70. The van der Waals surface area contributed by atoms with E-state index in [4.69, 9.17) is 34.6 Å². The van der Waals surface area contributed by atoms with Crippen LogP contribution in [0.1, 0.15) is 60.3 Å². The number of carbonyl (C=O) groups excluding carboxylic acids is 3. The van der Waals surface area contributed by atoms with E-state index in [9.17, 15) is 14.4 Å². The van der Waals surface area contributed by atoms with Gasteiger partial charge in [-0.25, -0.2) is 24.5 Å². The maximum Gasteiger partial charge on any atom is 0.418 e. The third-order valence-electron chi connectivity index (χ3n) is 9.12. The minimum atomic E-state index is -0.981. The predicted octanol–water partition coefficient (Wildman–Crippen LogP) is 5.67. The van der Waals surface area contributed by atoms with Crippen LogP contribution in [0, 0.1) is 11.8 Å². The lowest BCUT2D eigenvalue weighted by Crippen LogP contribution is -2.58. The zero-order valence-corrected chi connectivity index (χ0v) is 29.7. The van der Waals surface area contributed by atoms with Crippen molar-refractivity contribution < 1.29 is 33.3 Å². The summed E-state index contributed by atoms with van der Waals surface area (Å²) in [5.41, 5.74) is 6.82. The molecular weight excluding hydrogens is 648 g/mol. The molecular formula is C35H46N6O7S. The lowest BCUT2D eigenvalue weighted by Gasteiger charge is -2.37. The average molecular weight is 695 g/mol. The van der Waals surface area contributed by atoms with Crippen LogP contribution in [0.25, 0.3) is 22.3 Å². The lowest BCUT2D eigenvalue weighted by molar-refractivity contribution is -0.121. The number of nitrogens with one attached hydrogen (secondary N) is 1. The van der Waals surface area contributed by atoms with Crippen molar-refractivity contribution in [3.05, 3.63) is 29.6 Å². The summed E-state index contributed by atoms with van der Waals surface area (Å²) >= 11 is 1.48. The van der Waals surface area contributed by atoms with E-state index in [1.165, 1.54) is 22.7 Å². The van der Waals surface area contributed by atoms with Crippen LogP contribution in [-0.4, -0.2) is 94.5 Å². The van der Waals surface area contributed by atoms with E-state index < -0.39 is 35.7 Å². The zero-order valence-electron chi connectivity index (χ0n) is 28.9. The van der Waals surface area contributed by atoms with Gasteiger partial charge in [0.25, 0.3) is 0 Å². The van der Waals surface area contributed by atoms with Crippen molar-refractivity contribution in [3.63, 3.8) is 0 Å². The van der Waals surface area contributed by atoms with Gasteiger partial charge in [-0.05, 0) is 77.8 Å². The van der Waals surface area contributed by atoms with Gasteiger partial charge in [-0.2, -0.15) is 0 Å². The Hall–Kier alpha value is -4.17. The van der Waals surface area contributed by atoms with E-state index in [0.29, 0.717) is 58.8 Å². The molecule has 2 aliphatic carbocycles. The second kappa shape index (κ2) is 14.0. The summed E-state index contributed by atoms with van der Waals surface area (Å²) < 4.78 is 23.4. The van der Waals surface area contributed by atoms with Gasteiger partial charge in [0.15, 0.2) is 5.13 Å². The fraction of sp³-hybridized carbons (Fsp3) is 0.571. The Morgan fingerprint density at radius 2 is 1.80 bits per heavy atom. The summed E-state index contributed by atoms with van der Waals surface area (Å²) in [7, 11) is 1.61. The first-order valence-electron chi connectivity index (χ1n) is 16.9. The quantitative estimate of drug-likeness (QED) is 0.240.